The van der Waals surface area contributed by atoms with E-state index in [0.717, 1.165) is 30.0 Å². The van der Waals surface area contributed by atoms with E-state index in [4.69, 9.17) is 9.47 Å². The Morgan fingerprint density at radius 1 is 1.12 bits per heavy atom. The number of ketones is 1. The number of carbonyl (C=O) groups excluding carboxylic acids is 1. The Bertz CT molecular complexity index is 707. The maximum absolute atomic E-state index is 12.4. The fourth-order valence-corrected chi connectivity index (χ4v) is 2.44. The highest BCUT2D eigenvalue weighted by Crippen LogP contribution is 2.14. The van der Waals surface area contributed by atoms with Crippen LogP contribution in [-0.4, -0.2) is 45.1 Å². The summed E-state index contributed by atoms with van der Waals surface area (Å²) in [6.07, 6.45) is 3.43. The molecule has 25 heavy (non-hydrogen) atoms. The summed E-state index contributed by atoms with van der Waals surface area (Å²) in [4.78, 5) is 14.6. The molecule has 0 radical (unpaired) electrons. The monoisotopic (exact) mass is 339 g/mol. The molecule has 0 N–H and O–H groups in total. The Kier molecular flexibility index (Phi) is 7.38. The van der Waals surface area contributed by atoms with E-state index in [-0.39, 0.29) is 5.78 Å². The van der Waals surface area contributed by atoms with E-state index < -0.39 is 0 Å². The van der Waals surface area contributed by atoms with Crippen LogP contribution < -0.4 is 4.74 Å². The van der Waals surface area contributed by atoms with Gasteiger partial charge in [-0.1, -0.05) is 36.4 Å². The molecule has 0 aromatic heterocycles. The SMILES string of the molecule is COCCN(C)Cc1cccc(C(=O)C=Cc2ccc(OC)cc2)c1. The molecule has 0 heterocycles. The normalized spacial score (nSPS) is 11.2. The smallest absolute Gasteiger partial charge is 0.185 e. The minimum absolute atomic E-state index is 0.00258. The lowest BCUT2D eigenvalue weighted by molar-refractivity contribution is 0.104. The molecular weight excluding hydrogens is 314 g/mol. The van der Waals surface area contributed by atoms with Crippen molar-refractivity contribution < 1.29 is 14.3 Å². The highest BCUT2D eigenvalue weighted by Gasteiger charge is 2.05. The summed E-state index contributed by atoms with van der Waals surface area (Å²) in [6, 6.07) is 15.3. The maximum Gasteiger partial charge on any atom is 0.185 e. The van der Waals surface area contributed by atoms with Crippen LogP contribution in [0.3, 0.4) is 0 Å². The minimum Gasteiger partial charge on any atom is -0.497 e. The van der Waals surface area contributed by atoms with Crippen molar-refractivity contribution in [2.45, 2.75) is 6.54 Å². The van der Waals surface area contributed by atoms with Crippen molar-refractivity contribution >= 4 is 11.9 Å². The molecule has 2 aromatic carbocycles. The Labute approximate surface area is 149 Å². The minimum atomic E-state index is -0.00258. The van der Waals surface area contributed by atoms with Gasteiger partial charge in [-0.25, -0.2) is 0 Å². The van der Waals surface area contributed by atoms with E-state index in [1.54, 1.807) is 20.3 Å². The van der Waals surface area contributed by atoms with Gasteiger partial charge >= 0.3 is 0 Å². The first-order valence-electron chi connectivity index (χ1n) is 8.25. The topological polar surface area (TPSA) is 38.8 Å². The van der Waals surface area contributed by atoms with Gasteiger partial charge in [-0.05, 0) is 42.4 Å². The molecule has 0 spiro atoms. The summed E-state index contributed by atoms with van der Waals surface area (Å²) < 4.78 is 10.2. The maximum atomic E-state index is 12.4. The van der Waals surface area contributed by atoms with Crippen molar-refractivity contribution in [3.8, 4) is 5.75 Å². The van der Waals surface area contributed by atoms with Gasteiger partial charge in [0.15, 0.2) is 5.78 Å². The number of methoxy groups -OCH3 is 2. The number of ether oxygens (including phenoxy) is 2. The Hall–Kier alpha value is -2.43. The summed E-state index contributed by atoms with van der Waals surface area (Å²) in [7, 11) is 5.37. The molecule has 0 fully saturated rings. The molecule has 2 aromatic rings. The van der Waals surface area contributed by atoms with Crippen LogP contribution in [0, 0.1) is 0 Å². The lowest BCUT2D eigenvalue weighted by atomic mass is 10.1. The summed E-state index contributed by atoms with van der Waals surface area (Å²) in [5, 5.41) is 0. The van der Waals surface area contributed by atoms with Gasteiger partial charge in [0.05, 0.1) is 13.7 Å². The first kappa shape index (κ1) is 18.9. The summed E-state index contributed by atoms with van der Waals surface area (Å²) >= 11 is 0. The van der Waals surface area contributed by atoms with Crippen LogP contribution in [0.5, 0.6) is 5.75 Å². The molecule has 4 heteroatoms. The average molecular weight is 339 g/mol. The van der Waals surface area contributed by atoms with Gasteiger partial charge < -0.3 is 9.47 Å². The number of nitrogens with zero attached hydrogens (tertiary/aromatic N) is 1. The number of allylic oxidation sites excluding steroid dienone is 1. The lowest BCUT2D eigenvalue weighted by Crippen LogP contribution is -2.22. The predicted octanol–water partition coefficient (Wildman–Crippen LogP) is 3.67. The molecule has 0 amide bonds. The third-order valence-electron chi connectivity index (χ3n) is 3.88. The van der Waals surface area contributed by atoms with Crippen molar-refractivity contribution in [1.29, 1.82) is 0 Å². The molecule has 0 atom stereocenters. The molecule has 0 bridgehead atoms. The zero-order chi connectivity index (χ0) is 18.1. The standard InChI is InChI=1S/C21H25NO3/c1-22(13-14-24-2)16-18-5-4-6-19(15-18)21(23)12-9-17-7-10-20(25-3)11-8-17/h4-12,15H,13-14,16H2,1-3H3. The van der Waals surface area contributed by atoms with Gasteiger partial charge in [0, 0.05) is 25.8 Å². The van der Waals surface area contributed by atoms with Crippen LogP contribution in [0.15, 0.2) is 54.6 Å². The number of likely N-dealkylation sites (N-methyl/N-ethyl adjacent to an activating group) is 1. The molecule has 0 unspecified atom stereocenters. The van der Waals surface area contributed by atoms with Crippen molar-refractivity contribution in [2.75, 3.05) is 34.4 Å². The summed E-state index contributed by atoms with van der Waals surface area (Å²) in [5.41, 5.74) is 2.77. The van der Waals surface area contributed by atoms with Crippen LogP contribution in [0.4, 0.5) is 0 Å². The fourth-order valence-electron chi connectivity index (χ4n) is 2.44. The Morgan fingerprint density at radius 3 is 2.56 bits per heavy atom. The Morgan fingerprint density at radius 2 is 1.88 bits per heavy atom. The van der Waals surface area contributed by atoms with Crippen LogP contribution >= 0.6 is 0 Å². The van der Waals surface area contributed by atoms with Crippen LogP contribution in [0.1, 0.15) is 21.5 Å². The van der Waals surface area contributed by atoms with Crippen LogP contribution in [-0.2, 0) is 11.3 Å². The summed E-state index contributed by atoms with van der Waals surface area (Å²) in [5.74, 6) is 0.797. The molecule has 0 aliphatic heterocycles. The van der Waals surface area contributed by atoms with Crippen molar-refractivity contribution in [3.63, 3.8) is 0 Å². The number of hydrogen-bond donors (Lipinski definition) is 0. The van der Waals surface area contributed by atoms with Gasteiger partial charge in [-0.3, -0.25) is 9.69 Å². The van der Waals surface area contributed by atoms with Gasteiger partial charge in [0.1, 0.15) is 5.75 Å². The number of benzene rings is 2. The second-order valence-corrected chi connectivity index (χ2v) is 5.90. The zero-order valence-electron chi connectivity index (χ0n) is 15.1. The van der Waals surface area contributed by atoms with E-state index in [2.05, 4.69) is 4.90 Å². The average Bonchev–Trinajstić information content (AvgIpc) is 2.65. The number of carbonyl (C=O) groups is 1. The van der Waals surface area contributed by atoms with Gasteiger partial charge in [0.2, 0.25) is 0 Å². The molecule has 0 aliphatic carbocycles. The molecule has 0 saturated carbocycles. The molecule has 0 aliphatic rings. The fraction of sp³-hybridized carbons (Fsp3) is 0.286. The van der Waals surface area contributed by atoms with Crippen molar-refractivity contribution in [3.05, 3.63) is 71.3 Å². The number of rotatable bonds is 9. The highest BCUT2D eigenvalue weighted by atomic mass is 16.5. The molecule has 4 nitrogen and oxygen atoms in total. The largest absolute Gasteiger partial charge is 0.497 e. The first-order chi connectivity index (χ1) is 12.1. The summed E-state index contributed by atoms with van der Waals surface area (Å²) in [6.45, 7) is 2.33. The third kappa shape index (κ3) is 6.18. The highest BCUT2D eigenvalue weighted by molar-refractivity contribution is 6.06. The number of hydrogen-bond acceptors (Lipinski definition) is 4. The van der Waals surface area contributed by atoms with Gasteiger partial charge in [-0.15, -0.1) is 0 Å². The molecule has 0 saturated heterocycles. The van der Waals surface area contributed by atoms with Crippen molar-refractivity contribution in [1.82, 2.24) is 4.90 Å². The van der Waals surface area contributed by atoms with E-state index in [1.165, 1.54) is 0 Å². The molecular formula is C21H25NO3. The van der Waals surface area contributed by atoms with Crippen LogP contribution in [0.2, 0.25) is 0 Å². The zero-order valence-corrected chi connectivity index (χ0v) is 15.1. The van der Waals surface area contributed by atoms with Crippen LogP contribution in [0.25, 0.3) is 6.08 Å². The lowest BCUT2D eigenvalue weighted by Gasteiger charge is -2.16. The molecule has 132 valence electrons. The Balaban J connectivity index is 2.01. The van der Waals surface area contributed by atoms with E-state index in [9.17, 15) is 4.79 Å². The second-order valence-electron chi connectivity index (χ2n) is 5.90. The predicted molar refractivity (Wildman–Crippen MR) is 101 cm³/mol. The second kappa shape index (κ2) is 9.77. The van der Waals surface area contributed by atoms with E-state index >= 15 is 0 Å². The first-order valence-corrected chi connectivity index (χ1v) is 8.25. The third-order valence-corrected chi connectivity index (χ3v) is 3.88. The van der Waals surface area contributed by atoms with E-state index in [1.807, 2.05) is 61.7 Å². The molecule has 2 rings (SSSR count). The quantitative estimate of drug-likeness (QED) is 0.516. The van der Waals surface area contributed by atoms with E-state index in [0.29, 0.717) is 12.2 Å². The van der Waals surface area contributed by atoms with Crippen molar-refractivity contribution in [2.24, 2.45) is 0 Å². The van der Waals surface area contributed by atoms with Gasteiger partial charge in [-0.2, -0.15) is 0 Å². The van der Waals surface area contributed by atoms with Gasteiger partial charge in [0.25, 0.3) is 0 Å².